The molecule has 192 valence electrons. The first-order valence-electron chi connectivity index (χ1n) is 12.9. The number of amides is 1. The second-order valence-electron chi connectivity index (χ2n) is 10.2. The van der Waals surface area contributed by atoms with Gasteiger partial charge in [0, 0.05) is 11.7 Å². The number of ether oxygens (including phenoxy) is 2. The van der Waals surface area contributed by atoms with Crippen LogP contribution in [0.5, 0.6) is 11.5 Å². The van der Waals surface area contributed by atoms with Crippen molar-refractivity contribution in [3.05, 3.63) is 72.3 Å². The zero-order valence-corrected chi connectivity index (χ0v) is 21.4. The fourth-order valence-corrected chi connectivity index (χ4v) is 6.63. The lowest BCUT2D eigenvalue weighted by Gasteiger charge is -2.22. The number of nitrogens with one attached hydrogen (secondary N) is 2. The van der Waals surface area contributed by atoms with Gasteiger partial charge in [-0.25, -0.2) is 13.1 Å². The minimum absolute atomic E-state index is 0.0196. The van der Waals surface area contributed by atoms with Crippen LogP contribution in [0.1, 0.15) is 50.5 Å². The Bertz CT molecular complexity index is 1420. The van der Waals surface area contributed by atoms with Crippen molar-refractivity contribution in [2.45, 2.75) is 61.3 Å². The number of hydrogen-bond donors (Lipinski definition) is 2. The van der Waals surface area contributed by atoms with Gasteiger partial charge < -0.3 is 14.8 Å². The number of sulfonamides is 1. The van der Waals surface area contributed by atoms with E-state index in [0.717, 1.165) is 55.2 Å². The van der Waals surface area contributed by atoms with Gasteiger partial charge in [-0.15, -0.1) is 0 Å². The van der Waals surface area contributed by atoms with Crippen LogP contribution >= 0.6 is 0 Å². The zero-order valence-electron chi connectivity index (χ0n) is 20.5. The molecule has 0 aromatic heterocycles. The van der Waals surface area contributed by atoms with Crippen molar-refractivity contribution < 1.29 is 22.7 Å². The van der Waals surface area contributed by atoms with Crippen molar-refractivity contribution in [2.75, 3.05) is 12.1 Å². The Morgan fingerprint density at radius 3 is 2.35 bits per heavy atom. The summed E-state index contributed by atoms with van der Waals surface area (Å²) in [7, 11) is -3.55. The lowest BCUT2D eigenvalue weighted by molar-refractivity contribution is -0.118. The first kappa shape index (κ1) is 24.0. The smallest absolute Gasteiger partial charge is 0.240 e. The number of anilines is 1. The molecule has 37 heavy (non-hydrogen) atoms. The van der Waals surface area contributed by atoms with Crippen molar-refractivity contribution in [1.29, 1.82) is 0 Å². The highest BCUT2D eigenvalue weighted by Gasteiger charge is 2.51. The van der Waals surface area contributed by atoms with Gasteiger partial charge in [0.25, 0.3) is 0 Å². The van der Waals surface area contributed by atoms with Gasteiger partial charge in [-0.3, -0.25) is 4.79 Å². The SMILES string of the molecule is O=C(Nc1cccc(-c2ccc(S(=O)(=O)NC3CCCCC3)cc2)c1)C1(c2ccc3c(c2)OCO3)CC1. The minimum Gasteiger partial charge on any atom is -0.454 e. The lowest BCUT2D eigenvalue weighted by atomic mass is 9.94. The summed E-state index contributed by atoms with van der Waals surface area (Å²) in [4.78, 5) is 13.6. The predicted octanol–water partition coefficient (Wildman–Crippen LogP) is 5.36. The maximum absolute atomic E-state index is 13.3. The number of carbonyl (C=O) groups excluding carboxylic acids is 1. The molecule has 0 bridgehead atoms. The lowest BCUT2D eigenvalue weighted by Crippen LogP contribution is -2.36. The molecule has 1 heterocycles. The molecule has 1 aliphatic heterocycles. The van der Waals surface area contributed by atoms with E-state index in [9.17, 15) is 13.2 Å². The van der Waals surface area contributed by atoms with Crippen molar-refractivity contribution in [3.63, 3.8) is 0 Å². The summed E-state index contributed by atoms with van der Waals surface area (Å²) in [6, 6.07) is 20.3. The van der Waals surface area contributed by atoms with Crippen LogP contribution in [0.4, 0.5) is 5.69 Å². The van der Waals surface area contributed by atoms with Crippen molar-refractivity contribution in [2.24, 2.45) is 0 Å². The summed E-state index contributed by atoms with van der Waals surface area (Å²) < 4.78 is 39.4. The summed E-state index contributed by atoms with van der Waals surface area (Å²) >= 11 is 0. The average molecular weight is 519 g/mol. The molecular formula is C29H30N2O5S. The van der Waals surface area contributed by atoms with E-state index in [2.05, 4.69) is 10.0 Å². The van der Waals surface area contributed by atoms with Crippen LogP contribution in [-0.2, 0) is 20.2 Å². The van der Waals surface area contributed by atoms with Crippen LogP contribution in [0.2, 0.25) is 0 Å². The van der Waals surface area contributed by atoms with Gasteiger partial charge in [-0.05, 0) is 78.8 Å². The molecule has 8 heteroatoms. The molecule has 0 atom stereocenters. The summed E-state index contributed by atoms with van der Waals surface area (Å²) in [5.41, 5.74) is 2.85. The van der Waals surface area contributed by atoms with Gasteiger partial charge in [0.1, 0.15) is 0 Å². The fourth-order valence-electron chi connectivity index (χ4n) is 5.33. The molecule has 2 fully saturated rings. The monoisotopic (exact) mass is 518 g/mol. The van der Waals surface area contributed by atoms with Crippen LogP contribution in [0.3, 0.4) is 0 Å². The number of carbonyl (C=O) groups is 1. The Morgan fingerprint density at radius 2 is 1.59 bits per heavy atom. The number of rotatable bonds is 7. The van der Waals surface area contributed by atoms with Gasteiger partial charge in [-0.2, -0.15) is 0 Å². The van der Waals surface area contributed by atoms with E-state index in [1.165, 1.54) is 6.42 Å². The second-order valence-corrected chi connectivity index (χ2v) is 11.9. The van der Waals surface area contributed by atoms with Gasteiger partial charge in [0.15, 0.2) is 11.5 Å². The van der Waals surface area contributed by atoms with Gasteiger partial charge in [-0.1, -0.05) is 49.6 Å². The van der Waals surface area contributed by atoms with Crippen LogP contribution in [0.15, 0.2) is 71.6 Å². The molecule has 0 spiro atoms. The van der Waals surface area contributed by atoms with E-state index in [1.54, 1.807) is 12.1 Å². The molecule has 2 saturated carbocycles. The fraction of sp³-hybridized carbons (Fsp3) is 0.345. The van der Waals surface area contributed by atoms with Gasteiger partial charge in [0.05, 0.1) is 10.3 Å². The highest BCUT2D eigenvalue weighted by atomic mass is 32.2. The van der Waals surface area contributed by atoms with Crippen molar-refractivity contribution >= 4 is 21.6 Å². The largest absolute Gasteiger partial charge is 0.454 e. The number of benzene rings is 3. The normalized spacial score (nSPS) is 18.4. The Morgan fingerprint density at radius 1 is 0.838 bits per heavy atom. The number of fused-ring (bicyclic) bond motifs is 1. The standard InChI is InChI=1S/C29H30N2O5S/c32-28(29(15-16-29)22-11-14-26-27(18-22)36-19-35-26)30-24-8-4-5-21(17-24)20-9-12-25(13-10-20)37(33,34)31-23-6-2-1-3-7-23/h4-5,8-14,17-18,23,31H,1-3,6-7,15-16,19H2,(H,30,32). The van der Waals surface area contributed by atoms with E-state index in [-0.39, 0.29) is 23.6 Å². The third-order valence-corrected chi connectivity index (χ3v) is 9.19. The van der Waals surface area contributed by atoms with Crippen LogP contribution < -0.4 is 19.5 Å². The van der Waals surface area contributed by atoms with Crippen molar-refractivity contribution in [1.82, 2.24) is 4.72 Å². The highest BCUT2D eigenvalue weighted by molar-refractivity contribution is 7.89. The van der Waals surface area contributed by atoms with E-state index >= 15 is 0 Å². The number of hydrogen-bond acceptors (Lipinski definition) is 5. The molecule has 6 rings (SSSR count). The Hall–Kier alpha value is -3.36. The summed E-state index contributed by atoms with van der Waals surface area (Å²) in [6.45, 7) is 0.203. The first-order chi connectivity index (χ1) is 17.9. The molecule has 0 radical (unpaired) electrons. The van der Waals surface area contributed by atoms with E-state index in [4.69, 9.17) is 9.47 Å². The summed E-state index contributed by atoms with van der Waals surface area (Å²) in [5, 5.41) is 3.09. The third kappa shape index (κ3) is 4.83. The quantitative estimate of drug-likeness (QED) is 0.439. The summed E-state index contributed by atoms with van der Waals surface area (Å²) in [6.07, 6.45) is 6.66. The summed E-state index contributed by atoms with van der Waals surface area (Å²) in [5.74, 6) is 1.34. The average Bonchev–Trinajstić information content (AvgIpc) is 3.60. The van der Waals surface area contributed by atoms with Gasteiger partial charge >= 0.3 is 0 Å². The molecule has 3 aromatic rings. The molecule has 3 aromatic carbocycles. The molecule has 2 aliphatic carbocycles. The molecule has 0 saturated heterocycles. The Balaban J connectivity index is 1.16. The first-order valence-corrected chi connectivity index (χ1v) is 14.4. The Kier molecular flexibility index (Phi) is 6.16. The van der Waals surface area contributed by atoms with Crippen LogP contribution in [-0.4, -0.2) is 27.2 Å². The molecule has 2 N–H and O–H groups in total. The molecule has 0 unspecified atom stereocenters. The van der Waals surface area contributed by atoms with Gasteiger partial charge in [0.2, 0.25) is 22.7 Å². The minimum atomic E-state index is -3.55. The van der Waals surface area contributed by atoms with Crippen LogP contribution in [0.25, 0.3) is 11.1 Å². The second kappa shape index (κ2) is 9.50. The van der Waals surface area contributed by atoms with Crippen LogP contribution in [0, 0.1) is 0 Å². The highest BCUT2D eigenvalue weighted by Crippen LogP contribution is 2.51. The molecule has 3 aliphatic rings. The Labute approximate surface area is 217 Å². The molecule has 1 amide bonds. The topological polar surface area (TPSA) is 93.7 Å². The predicted molar refractivity (Wildman–Crippen MR) is 141 cm³/mol. The van der Waals surface area contributed by atoms with E-state index in [1.807, 2.05) is 54.6 Å². The van der Waals surface area contributed by atoms with E-state index in [0.29, 0.717) is 17.2 Å². The van der Waals surface area contributed by atoms with E-state index < -0.39 is 15.4 Å². The molecular weight excluding hydrogens is 488 g/mol. The maximum atomic E-state index is 13.3. The van der Waals surface area contributed by atoms with Crippen molar-refractivity contribution in [3.8, 4) is 22.6 Å². The maximum Gasteiger partial charge on any atom is 0.240 e. The zero-order chi connectivity index (χ0) is 25.5. The molecule has 7 nitrogen and oxygen atoms in total. The third-order valence-electron chi connectivity index (χ3n) is 7.66.